The Bertz CT molecular complexity index is 1350. The van der Waals surface area contributed by atoms with Crippen LogP contribution in [0.25, 0.3) is 10.8 Å². The second-order valence-electron chi connectivity index (χ2n) is 9.73. The normalized spacial score (nSPS) is 19.0. The molecule has 1 aliphatic carbocycles. The third-order valence-corrected chi connectivity index (χ3v) is 7.64. The summed E-state index contributed by atoms with van der Waals surface area (Å²) in [6.45, 7) is 3.07. The van der Waals surface area contributed by atoms with Crippen LogP contribution in [0.1, 0.15) is 43.7 Å². The zero-order chi connectivity index (χ0) is 26.2. The fourth-order valence-electron chi connectivity index (χ4n) is 4.92. The molecular formula is C28H29Cl2N3O4. The Morgan fingerprint density at radius 3 is 2.46 bits per heavy atom. The Morgan fingerprint density at radius 1 is 1.08 bits per heavy atom. The number of rotatable bonds is 8. The first-order valence-corrected chi connectivity index (χ1v) is 13.2. The highest BCUT2D eigenvalue weighted by Gasteiger charge is 2.44. The summed E-state index contributed by atoms with van der Waals surface area (Å²) in [5, 5.41) is 30.8. The summed E-state index contributed by atoms with van der Waals surface area (Å²) in [6.07, 6.45) is 4.09. The summed E-state index contributed by atoms with van der Waals surface area (Å²) >= 11 is 12.6. The molecule has 1 amide bonds. The van der Waals surface area contributed by atoms with E-state index in [2.05, 4.69) is 10.5 Å². The molecule has 0 bridgehead atoms. The maximum Gasteiger partial charge on any atom is 0.274 e. The minimum Gasteiger partial charge on any atom is -0.489 e. The van der Waals surface area contributed by atoms with Gasteiger partial charge in [0.15, 0.2) is 11.4 Å². The van der Waals surface area contributed by atoms with Crippen molar-refractivity contribution in [3.63, 3.8) is 0 Å². The molecule has 2 atom stereocenters. The first-order valence-electron chi connectivity index (χ1n) is 12.5. The lowest BCUT2D eigenvalue weighted by molar-refractivity contribution is -0.138. The van der Waals surface area contributed by atoms with Crippen molar-refractivity contribution in [3.05, 3.63) is 75.8 Å². The molecule has 3 aromatic carbocycles. The first kappa shape index (κ1) is 25.8. The summed E-state index contributed by atoms with van der Waals surface area (Å²) in [5.41, 5.74) is -0.690. The van der Waals surface area contributed by atoms with Crippen molar-refractivity contribution in [1.82, 2.24) is 10.2 Å². The molecule has 3 aromatic rings. The van der Waals surface area contributed by atoms with Gasteiger partial charge in [0.05, 0.1) is 17.2 Å². The lowest BCUT2D eigenvalue weighted by Crippen LogP contribution is -2.59. The molecule has 1 saturated carbocycles. The zero-order valence-electron chi connectivity index (χ0n) is 20.5. The molecule has 0 spiro atoms. The predicted molar refractivity (Wildman–Crippen MR) is 145 cm³/mol. The lowest BCUT2D eigenvalue weighted by atomic mass is 9.93. The number of hydrogen-bond donors (Lipinski definition) is 3. The van der Waals surface area contributed by atoms with E-state index >= 15 is 0 Å². The predicted octanol–water partition coefficient (Wildman–Crippen LogP) is 5.31. The highest BCUT2D eigenvalue weighted by Crippen LogP contribution is 2.38. The number of ether oxygens (including phenoxy) is 1. The van der Waals surface area contributed by atoms with Crippen molar-refractivity contribution >= 4 is 45.6 Å². The van der Waals surface area contributed by atoms with Gasteiger partial charge in [0, 0.05) is 29.2 Å². The first-order chi connectivity index (χ1) is 17.8. The SMILES string of the molecule is C[C@@H](NC(=O)C(=NO)c1ccc2cc(Cl)ccc2c1)[C@](O)(c1ccc(OC2CC2)c(Cl)c1)N1CCCC1. The molecule has 0 unspecified atom stereocenters. The average Bonchev–Trinajstić information content (AvgIpc) is 3.52. The molecule has 9 heteroatoms. The summed E-state index contributed by atoms with van der Waals surface area (Å²) < 4.78 is 5.86. The van der Waals surface area contributed by atoms with Crippen molar-refractivity contribution in [3.8, 4) is 5.75 Å². The number of carbonyl (C=O) groups excluding carboxylic acids is 1. The molecule has 1 aliphatic heterocycles. The van der Waals surface area contributed by atoms with E-state index in [9.17, 15) is 15.1 Å². The molecule has 5 rings (SSSR count). The number of halogens is 2. The Kier molecular flexibility index (Phi) is 7.32. The van der Waals surface area contributed by atoms with Gasteiger partial charge in [0.1, 0.15) is 5.75 Å². The molecule has 0 aromatic heterocycles. The third-order valence-electron chi connectivity index (χ3n) is 7.11. The van der Waals surface area contributed by atoms with Gasteiger partial charge < -0.3 is 20.4 Å². The van der Waals surface area contributed by atoms with Crippen LogP contribution in [0.5, 0.6) is 5.75 Å². The van der Waals surface area contributed by atoms with Crippen LogP contribution in [0.15, 0.2) is 59.8 Å². The quantitative estimate of drug-likeness (QED) is 0.204. The monoisotopic (exact) mass is 541 g/mol. The molecule has 2 aliphatic rings. The number of carbonyl (C=O) groups is 1. The van der Waals surface area contributed by atoms with Crippen molar-refractivity contribution in [2.45, 2.75) is 50.5 Å². The van der Waals surface area contributed by atoms with Crippen LogP contribution in [-0.2, 0) is 10.5 Å². The Hall–Kier alpha value is -2.84. The zero-order valence-corrected chi connectivity index (χ0v) is 22.0. The van der Waals surface area contributed by atoms with Gasteiger partial charge >= 0.3 is 0 Å². The second kappa shape index (κ2) is 10.5. The van der Waals surface area contributed by atoms with E-state index in [1.165, 1.54) is 0 Å². The molecule has 37 heavy (non-hydrogen) atoms. The number of oxime groups is 1. The van der Waals surface area contributed by atoms with Crippen LogP contribution in [0.2, 0.25) is 10.0 Å². The summed E-state index contributed by atoms with van der Waals surface area (Å²) in [4.78, 5) is 15.3. The Balaban J connectivity index is 1.41. The molecule has 7 nitrogen and oxygen atoms in total. The number of aliphatic hydroxyl groups is 1. The van der Waals surface area contributed by atoms with Crippen LogP contribution in [0.4, 0.5) is 0 Å². The number of amides is 1. The van der Waals surface area contributed by atoms with E-state index in [1.807, 2.05) is 23.1 Å². The van der Waals surface area contributed by atoms with Gasteiger partial charge in [-0.05, 0) is 73.7 Å². The fourth-order valence-corrected chi connectivity index (χ4v) is 5.32. The fraction of sp³-hybridized carbons (Fsp3) is 0.357. The van der Waals surface area contributed by atoms with Gasteiger partial charge in [-0.1, -0.05) is 52.6 Å². The number of nitrogens with one attached hydrogen (secondary N) is 1. The van der Waals surface area contributed by atoms with Gasteiger partial charge in [-0.15, -0.1) is 0 Å². The van der Waals surface area contributed by atoms with Crippen LogP contribution in [0.3, 0.4) is 0 Å². The smallest absolute Gasteiger partial charge is 0.274 e. The highest BCUT2D eigenvalue weighted by molar-refractivity contribution is 6.45. The minimum atomic E-state index is -1.53. The van der Waals surface area contributed by atoms with E-state index < -0.39 is 17.7 Å². The summed E-state index contributed by atoms with van der Waals surface area (Å²) in [5.74, 6) is -0.0265. The average molecular weight is 542 g/mol. The number of hydrogen-bond acceptors (Lipinski definition) is 6. The topological polar surface area (TPSA) is 94.4 Å². The van der Waals surface area contributed by atoms with Crippen LogP contribution < -0.4 is 10.1 Å². The number of likely N-dealkylation sites (tertiary alicyclic amines) is 1. The van der Waals surface area contributed by atoms with E-state index in [-0.39, 0.29) is 11.8 Å². The van der Waals surface area contributed by atoms with Crippen LogP contribution in [0, 0.1) is 0 Å². The molecule has 0 radical (unpaired) electrons. The minimum absolute atomic E-state index is 0.154. The molecule has 1 saturated heterocycles. The van der Waals surface area contributed by atoms with Crippen molar-refractivity contribution in [1.29, 1.82) is 0 Å². The summed E-state index contributed by atoms with van der Waals surface area (Å²) in [7, 11) is 0. The number of benzene rings is 3. The second-order valence-corrected chi connectivity index (χ2v) is 10.6. The van der Waals surface area contributed by atoms with Gasteiger partial charge in [-0.3, -0.25) is 9.69 Å². The number of nitrogens with zero attached hydrogens (tertiary/aromatic N) is 2. The number of fused-ring (bicyclic) bond motifs is 1. The Labute approximate surface area is 225 Å². The molecule has 194 valence electrons. The van der Waals surface area contributed by atoms with Crippen molar-refractivity contribution in [2.75, 3.05) is 13.1 Å². The molecule has 3 N–H and O–H groups in total. The highest BCUT2D eigenvalue weighted by atomic mass is 35.5. The largest absolute Gasteiger partial charge is 0.489 e. The molecule has 1 heterocycles. The maximum absolute atomic E-state index is 13.3. The van der Waals surface area contributed by atoms with E-state index in [4.69, 9.17) is 27.9 Å². The van der Waals surface area contributed by atoms with E-state index in [1.54, 1.807) is 43.3 Å². The van der Waals surface area contributed by atoms with Crippen LogP contribution in [-0.4, -0.2) is 52.1 Å². The lowest BCUT2D eigenvalue weighted by Gasteiger charge is -2.42. The summed E-state index contributed by atoms with van der Waals surface area (Å²) in [6, 6.07) is 15.2. The van der Waals surface area contributed by atoms with Gasteiger partial charge in [-0.25, -0.2) is 0 Å². The van der Waals surface area contributed by atoms with Gasteiger partial charge in [-0.2, -0.15) is 0 Å². The molecule has 2 fully saturated rings. The molecular weight excluding hydrogens is 513 g/mol. The standard InChI is InChI=1S/C28H29Cl2N3O4/c1-17(31-27(34)26(32-36)20-5-4-19-15-22(29)8-6-18(19)14-20)28(35,33-12-2-3-13-33)21-7-11-25(24(30)16-21)37-23-9-10-23/h4-8,11,14-17,23,35-36H,2-3,9-10,12-13H2,1H3,(H,31,34)/t17-,28+/m1/s1. The van der Waals surface area contributed by atoms with Crippen molar-refractivity contribution < 1.29 is 19.8 Å². The van der Waals surface area contributed by atoms with E-state index in [0.717, 1.165) is 36.5 Å². The Morgan fingerprint density at radius 2 is 1.78 bits per heavy atom. The maximum atomic E-state index is 13.3. The van der Waals surface area contributed by atoms with Gasteiger partial charge in [0.25, 0.3) is 5.91 Å². The van der Waals surface area contributed by atoms with Crippen LogP contribution >= 0.6 is 23.2 Å². The van der Waals surface area contributed by atoms with Gasteiger partial charge in [0.2, 0.25) is 0 Å². The van der Waals surface area contributed by atoms with E-state index in [0.29, 0.717) is 40.0 Å². The van der Waals surface area contributed by atoms with Crippen molar-refractivity contribution in [2.24, 2.45) is 5.16 Å². The third kappa shape index (κ3) is 5.27.